The highest BCUT2D eigenvalue weighted by Crippen LogP contribution is 2.23. The number of alkyl halides is 3. The van der Waals surface area contributed by atoms with Crippen molar-refractivity contribution in [3.05, 3.63) is 48.5 Å². The third-order valence-electron chi connectivity index (χ3n) is 7.09. The van der Waals surface area contributed by atoms with E-state index in [2.05, 4.69) is 69.7 Å². The van der Waals surface area contributed by atoms with Gasteiger partial charge in [0, 0.05) is 79.7 Å². The topological polar surface area (TPSA) is 95.0 Å². The molecule has 0 atom stereocenters. The van der Waals surface area contributed by atoms with Gasteiger partial charge in [0.15, 0.2) is 0 Å². The van der Waals surface area contributed by atoms with E-state index in [-0.39, 0.29) is 17.9 Å². The lowest BCUT2D eigenvalue weighted by Crippen LogP contribution is -2.50. The Labute approximate surface area is 318 Å². The Balaban J connectivity index is 0.000000303. The largest absolute Gasteiger partial charge is 0.508 e. The number of carbonyl (C=O) groups is 2. The fourth-order valence-corrected chi connectivity index (χ4v) is 6.20. The number of nitrogens with zero attached hydrogens (tertiary/aromatic N) is 4. The van der Waals surface area contributed by atoms with Crippen molar-refractivity contribution in [3.8, 4) is 11.5 Å². The van der Waals surface area contributed by atoms with Gasteiger partial charge in [-0.2, -0.15) is 0 Å². The van der Waals surface area contributed by atoms with E-state index in [1.165, 1.54) is 6.42 Å². The lowest BCUT2D eigenvalue weighted by Gasteiger charge is -2.36. The van der Waals surface area contributed by atoms with Gasteiger partial charge in [-0.3, -0.25) is 0 Å². The van der Waals surface area contributed by atoms with E-state index in [0.29, 0.717) is 26.2 Å². The lowest BCUT2D eigenvalue weighted by atomic mass is 10.2. The molecule has 0 aliphatic carbocycles. The van der Waals surface area contributed by atoms with Crippen molar-refractivity contribution in [2.45, 2.75) is 65.6 Å². The Hall–Kier alpha value is -2.38. The quantitative estimate of drug-likeness (QED) is 0.209. The predicted octanol–water partition coefficient (Wildman–Crippen LogP) is 8.52. The van der Waals surface area contributed by atoms with E-state index in [1.54, 1.807) is 21.9 Å². The van der Waals surface area contributed by atoms with Gasteiger partial charge in [0.25, 0.3) is 0 Å². The van der Waals surface area contributed by atoms with Gasteiger partial charge in [0.05, 0.1) is 6.61 Å². The zero-order chi connectivity index (χ0) is 36.5. The Kier molecular flexibility index (Phi) is 19.0. The summed E-state index contributed by atoms with van der Waals surface area (Å²) in [4.78, 5) is 32.0. The summed E-state index contributed by atoms with van der Waals surface area (Å²) in [6.07, 6.45) is 1.74. The van der Waals surface area contributed by atoms with Crippen LogP contribution in [0.3, 0.4) is 0 Å². The standard InChI is InChI=1S/C18H27BrN2O3.C15H22N2O3.C3H6Br2/c1-18(2,3)24-17(22)21-12-10-20(11-13-21)15-5-7-16(8-6-15)23-14-4-9-19;1-15(2,3)20-14(19)17-10-8-16(9-11-17)12-4-6-13(18)7-5-12;4-2-1-3-5/h5-8H,4,9-14H2,1-3H3;4-7,18H,8-11H2,1-3H3;1-3H2. The van der Waals surface area contributed by atoms with E-state index in [0.717, 1.165) is 72.3 Å². The van der Waals surface area contributed by atoms with E-state index in [4.69, 9.17) is 14.2 Å². The highest BCUT2D eigenvalue weighted by molar-refractivity contribution is 9.09. The molecule has 0 spiro atoms. The number of ether oxygens (including phenoxy) is 3. The smallest absolute Gasteiger partial charge is 0.410 e. The van der Waals surface area contributed by atoms with Gasteiger partial charge in [-0.1, -0.05) is 47.8 Å². The Bertz CT molecular complexity index is 1220. The van der Waals surface area contributed by atoms with Gasteiger partial charge in [0.2, 0.25) is 0 Å². The molecule has 2 saturated heterocycles. The molecule has 0 unspecified atom stereocenters. The van der Waals surface area contributed by atoms with Crippen molar-refractivity contribution in [2.75, 3.05) is 84.8 Å². The van der Waals surface area contributed by atoms with Gasteiger partial charge in [-0.05, 0) is 103 Å². The molecule has 1 N–H and O–H groups in total. The summed E-state index contributed by atoms with van der Waals surface area (Å²) in [5, 5.41) is 12.5. The SMILES string of the molecule is BrCCCBr.CC(C)(C)OC(=O)N1CCN(c2ccc(O)cc2)CC1.CC(C)(C)OC(=O)N1CCN(c2ccc(OCCCBr)cc2)CC1. The normalized spacial score (nSPS) is 15.0. The molecule has 0 aromatic heterocycles. The first-order chi connectivity index (χ1) is 23.2. The molecule has 276 valence electrons. The third kappa shape index (κ3) is 17.4. The minimum absolute atomic E-state index is 0.224. The molecule has 0 bridgehead atoms. The van der Waals surface area contributed by atoms with E-state index in [9.17, 15) is 14.7 Å². The van der Waals surface area contributed by atoms with Gasteiger partial charge in [-0.25, -0.2) is 9.59 Å². The number of carbonyl (C=O) groups excluding carboxylic acids is 2. The summed E-state index contributed by atoms with van der Waals surface area (Å²) in [7, 11) is 0. The maximum atomic E-state index is 12.1. The Morgan fingerprint density at radius 3 is 1.31 bits per heavy atom. The first kappa shape index (κ1) is 42.8. The first-order valence-corrected chi connectivity index (χ1v) is 20.2. The third-order valence-corrected chi connectivity index (χ3v) is 8.78. The van der Waals surface area contributed by atoms with E-state index < -0.39 is 11.2 Å². The second kappa shape index (κ2) is 21.8. The minimum Gasteiger partial charge on any atom is -0.508 e. The number of anilines is 2. The summed E-state index contributed by atoms with van der Waals surface area (Å²) in [5.74, 6) is 1.16. The fourth-order valence-electron chi connectivity index (χ4n) is 4.66. The number of hydrogen-bond acceptors (Lipinski definition) is 8. The molecular formula is C36H55Br3N4O6. The van der Waals surface area contributed by atoms with Crippen molar-refractivity contribution < 1.29 is 28.9 Å². The number of rotatable bonds is 8. The summed E-state index contributed by atoms with van der Waals surface area (Å²) in [6.45, 7) is 17.8. The lowest BCUT2D eigenvalue weighted by molar-refractivity contribution is 0.0230. The summed E-state index contributed by atoms with van der Waals surface area (Å²) in [5.41, 5.74) is 1.32. The number of hydrogen-bond donors (Lipinski definition) is 1. The van der Waals surface area contributed by atoms with Crippen molar-refractivity contribution in [1.82, 2.24) is 9.80 Å². The number of amides is 2. The van der Waals surface area contributed by atoms with Crippen LogP contribution in [0.15, 0.2) is 48.5 Å². The highest BCUT2D eigenvalue weighted by Gasteiger charge is 2.27. The number of piperazine rings is 2. The molecule has 4 rings (SSSR count). The molecule has 49 heavy (non-hydrogen) atoms. The van der Waals surface area contributed by atoms with Gasteiger partial charge in [0.1, 0.15) is 22.7 Å². The molecule has 10 nitrogen and oxygen atoms in total. The number of aromatic hydroxyl groups is 1. The van der Waals surface area contributed by atoms with Crippen LogP contribution in [0.2, 0.25) is 0 Å². The van der Waals surface area contributed by atoms with Gasteiger partial charge in [-0.15, -0.1) is 0 Å². The second-order valence-electron chi connectivity index (χ2n) is 13.5. The number of halogens is 3. The molecule has 0 radical (unpaired) electrons. The van der Waals surface area contributed by atoms with Gasteiger partial charge >= 0.3 is 12.2 Å². The van der Waals surface area contributed by atoms with Crippen molar-refractivity contribution in [3.63, 3.8) is 0 Å². The number of phenolic OH excluding ortho intramolecular Hbond substituents is 1. The molecule has 2 heterocycles. The van der Waals surface area contributed by atoms with Crippen molar-refractivity contribution in [2.24, 2.45) is 0 Å². The summed E-state index contributed by atoms with van der Waals surface area (Å²) >= 11 is 9.95. The van der Waals surface area contributed by atoms with Crippen LogP contribution in [0.5, 0.6) is 11.5 Å². The zero-order valence-corrected chi connectivity index (χ0v) is 34.7. The minimum atomic E-state index is -0.453. The van der Waals surface area contributed by atoms with Crippen molar-refractivity contribution in [1.29, 1.82) is 0 Å². The molecule has 2 fully saturated rings. The molecule has 2 aliphatic heterocycles. The van der Waals surface area contributed by atoms with Gasteiger partial charge < -0.3 is 38.9 Å². The predicted molar refractivity (Wildman–Crippen MR) is 211 cm³/mol. The van der Waals surface area contributed by atoms with E-state index >= 15 is 0 Å². The molecule has 2 amide bonds. The summed E-state index contributed by atoms with van der Waals surface area (Å²) in [6, 6.07) is 15.3. The highest BCUT2D eigenvalue weighted by atomic mass is 79.9. The monoisotopic (exact) mass is 876 g/mol. The Morgan fingerprint density at radius 2 is 0.980 bits per heavy atom. The zero-order valence-electron chi connectivity index (χ0n) is 29.9. The number of phenols is 1. The van der Waals surface area contributed by atoms with Crippen LogP contribution in [0.1, 0.15) is 54.4 Å². The maximum Gasteiger partial charge on any atom is 0.410 e. The van der Waals surface area contributed by atoms with Crippen molar-refractivity contribution >= 4 is 71.4 Å². The van der Waals surface area contributed by atoms with Crippen LogP contribution in [0, 0.1) is 0 Å². The molecular weight excluding hydrogens is 824 g/mol. The number of benzene rings is 2. The maximum absolute atomic E-state index is 12.1. The Morgan fingerprint density at radius 1 is 0.612 bits per heavy atom. The van der Waals surface area contributed by atoms with Crippen LogP contribution >= 0.6 is 47.8 Å². The first-order valence-electron chi connectivity index (χ1n) is 16.8. The van der Waals surface area contributed by atoms with Crippen LogP contribution in [-0.4, -0.2) is 113 Å². The average Bonchev–Trinajstić information content (AvgIpc) is 3.05. The van der Waals surface area contributed by atoms with Crippen LogP contribution in [0.4, 0.5) is 21.0 Å². The molecule has 2 aromatic rings. The molecule has 0 saturated carbocycles. The molecule has 2 aromatic carbocycles. The van der Waals surface area contributed by atoms with Crippen LogP contribution in [-0.2, 0) is 9.47 Å². The summed E-state index contributed by atoms with van der Waals surface area (Å²) < 4.78 is 16.5. The molecule has 2 aliphatic rings. The van der Waals surface area contributed by atoms with Crippen LogP contribution in [0.25, 0.3) is 0 Å². The molecule has 13 heteroatoms. The second-order valence-corrected chi connectivity index (χ2v) is 15.9. The fraction of sp³-hybridized carbons (Fsp3) is 0.611. The average molecular weight is 880 g/mol. The van der Waals surface area contributed by atoms with Crippen LogP contribution < -0.4 is 14.5 Å². The van der Waals surface area contributed by atoms with E-state index in [1.807, 2.05) is 65.8 Å².